The van der Waals surface area contributed by atoms with Crippen molar-refractivity contribution >= 4 is 0 Å². The van der Waals surface area contributed by atoms with Gasteiger partial charge in [-0.05, 0) is 51.7 Å². The first kappa shape index (κ1) is 14.0. The van der Waals surface area contributed by atoms with Crippen LogP contribution in [0.4, 0.5) is 0 Å². The molecule has 0 spiro atoms. The van der Waals surface area contributed by atoms with Gasteiger partial charge in [0.2, 0.25) is 0 Å². The smallest absolute Gasteiger partial charge is 0.0107 e. The molecule has 0 radical (unpaired) electrons. The maximum atomic E-state index is 3.72. The van der Waals surface area contributed by atoms with Crippen LogP contribution in [0.5, 0.6) is 0 Å². The standard InChI is InChI=1S/C14H30N2/c1-4-6-11-16(3)12-13-8-7-9-14(13)15-10-5-2/h13-15H,4-12H2,1-3H3. The monoisotopic (exact) mass is 226 g/mol. The van der Waals surface area contributed by atoms with Crippen LogP contribution in [0.1, 0.15) is 52.4 Å². The van der Waals surface area contributed by atoms with Gasteiger partial charge in [-0.15, -0.1) is 0 Å². The molecular formula is C14H30N2. The van der Waals surface area contributed by atoms with E-state index in [1.54, 1.807) is 0 Å². The predicted molar refractivity (Wildman–Crippen MR) is 71.8 cm³/mol. The average Bonchev–Trinajstić information content (AvgIpc) is 2.71. The second kappa shape index (κ2) is 8.08. The number of nitrogens with one attached hydrogen (secondary N) is 1. The SMILES string of the molecule is CCCCN(C)CC1CCCC1NCCC. The van der Waals surface area contributed by atoms with E-state index >= 15 is 0 Å². The van der Waals surface area contributed by atoms with E-state index < -0.39 is 0 Å². The highest BCUT2D eigenvalue weighted by Gasteiger charge is 2.27. The Morgan fingerprint density at radius 2 is 2.00 bits per heavy atom. The zero-order chi connectivity index (χ0) is 11.8. The molecule has 0 amide bonds. The first-order chi connectivity index (χ1) is 7.77. The summed E-state index contributed by atoms with van der Waals surface area (Å²) in [5.74, 6) is 0.897. The Hall–Kier alpha value is -0.0800. The van der Waals surface area contributed by atoms with E-state index in [4.69, 9.17) is 0 Å². The van der Waals surface area contributed by atoms with E-state index in [9.17, 15) is 0 Å². The summed E-state index contributed by atoms with van der Waals surface area (Å²) in [6, 6.07) is 0.795. The maximum absolute atomic E-state index is 3.72. The number of hydrogen-bond donors (Lipinski definition) is 1. The van der Waals surface area contributed by atoms with Crippen molar-refractivity contribution in [1.29, 1.82) is 0 Å². The lowest BCUT2D eigenvalue weighted by Gasteiger charge is -2.26. The van der Waals surface area contributed by atoms with Gasteiger partial charge in [0.1, 0.15) is 0 Å². The summed E-state index contributed by atoms with van der Waals surface area (Å²) in [5.41, 5.74) is 0. The van der Waals surface area contributed by atoms with Crippen LogP contribution in [0.3, 0.4) is 0 Å². The molecule has 96 valence electrons. The molecule has 16 heavy (non-hydrogen) atoms. The average molecular weight is 226 g/mol. The fourth-order valence-electron chi connectivity index (χ4n) is 2.77. The fourth-order valence-corrected chi connectivity index (χ4v) is 2.77. The van der Waals surface area contributed by atoms with Crippen LogP contribution in [0.15, 0.2) is 0 Å². The van der Waals surface area contributed by atoms with Crippen molar-refractivity contribution in [2.24, 2.45) is 5.92 Å². The van der Waals surface area contributed by atoms with Gasteiger partial charge in [-0.3, -0.25) is 0 Å². The minimum Gasteiger partial charge on any atom is -0.314 e. The molecule has 0 aromatic carbocycles. The number of unbranched alkanes of at least 4 members (excludes halogenated alkanes) is 1. The lowest BCUT2D eigenvalue weighted by atomic mass is 10.0. The van der Waals surface area contributed by atoms with E-state index in [-0.39, 0.29) is 0 Å². The van der Waals surface area contributed by atoms with Gasteiger partial charge in [-0.25, -0.2) is 0 Å². The van der Waals surface area contributed by atoms with Crippen molar-refractivity contribution in [2.75, 3.05) is 26.7 Å². The molecule has 1 fully saturated rings. The molecule has 2 unspecified atom stereocenters. The van der Waals surface area contributed by atoms with Gasteiger partial charge in [0, 0.05) is 12.6 Å². The number of hydrogen-bond acceptors (Lipinski definition) is 2. The predicted octanol–water partition coefficient (Wildman–Crippen LogP) is 2.89. The third kappa shape index (κ3) is 4.84. The summed E-state index contributed by atoms with van der Waals surface area (Å²) >= 11 is 0. The third-order valence-corrected chi connectivity index (χ3v) is 3.76. The lowest BCUT2D eigenvalue weighted by molar-refractivity contribution is 0.248. The van der Waals surface area contributed by atoms with Crippen molar-refractivity contribution < 1.29 is 0 Å². The Labute approximate surface area is 102 Å². The van der Waals surface area contributed by atoms with E-state index in [1.807, 2.05) is 0 Å². The van der Waals surface area contributed by atoms with Crippen LogP contribution in [-0.4, -0.2) is 37.6 Å². The van der Waals surface area contributed by atoms with Crippen LogP contribution in [0, 0.1) is 5.92 Å². The molecule has 1 aliphatic carbocycles. The number of nitrogens with zero attached hydrogens (tertiary/aromatic N) is 1. The molecule has 2 nitrogen and oxygen atoms in total. The molecule has 0 heterocycles. The molecule has 2 atom stereocenters. The van der Waals surface area contributed by atoms with Crippen LogP contribution in [-0.2, 0) is 0 Å². The Bertz CT molecular complexity index is 170. The van der Waals surface area contributed by atoms with Crippen LogP contribution in [0.2, 0.25) is 0 Å². The van der Waals surface area contributed by atoms with Crippen molar-refractivity contribution in [3.8, 4) is 0 Å². The second-order valence-electron chi connectivity index (χ2n) is 5.37. The summed E-state index contributed by atoms with van der Waals surface area (Å²) in [6.07, 6.45) is 8.16. The van der Waals surface area contributed by atoms with Crippen LogP contribution < -0.4 is 5.32 Å². The van der Waals surface area contributed by atoms with Crippen LogP contribution >= 0.6 is 0 Å². The van der Waals surface area contributed by atoms with E-state index in [2.05, 4.69) is 31.1 Å². The Balaban J connectivity index is 2.22. The highest BCUT2D eigenvalue weighted by atomic mass is 15.1. The van der Waals surface area contributed by atoms with E-state index in [0.717, 1.165) is 12.0 Å². The Morgan fingerprint density at radius 3 is 2.69 bits per heavy atom. The summed E-state index contributed by atoms with van der Waals surface area (Å²) in [5, 5.41) is 3.72. The largest absolute Gasteiger partial charge is 0.314 e. The lowest BCUT2D eigenvalue weighted by Crippen LogP contribution is -2.38. The molecule has 2 heteroatoms. The van der Waals surface area contributed by atoms with Gasteiger partial charge in [-0.1, -0.05) is 26.7 Å². The van der Waals surface area contributed by atoms with Gasteiger partial charge in [0.15, 0.2) is 0 Å². The Morgan fingerprint density at radius 1 is 1.19 bits per heavy atom. The minimum atomic E-state index is 0.795. The normalized spacial score (nSPS) is 25.5. The zero-order valence-corrected chi connectivity index (χ0v) is 11.5. The summed E-state index contributed by atoms with van der Waals surface area (Å²) in [4.78, 5) is 2.53. The van der Waals surface area contributed by atoms with Crippen molar-refractivity contribution in [3.05, 3.63) is 0 Å². The number of rotatable bonds is 8. The minimum absolute atomic E-state index is 0.795. The highest BCUT2D eigenvalue weighted by Crippen LogP contribution is 2.26. The molecule has 1 rings (SSSR count). The van der Waals surface area contributed by atoms with E-state index in [1.165, 1.54) is 58.2 Å². The van der Waals surface area contributed by atoms with Gasteiger partial charge in [-0.2, -0.15) is 0 Å². The van der Waals surface area contributed by atoms with Crippen LogP contribution in [0.25, 0.3) is 0 Å². The molecule has 0 aliphatic heterocycles. The van der Waals surface area contributed by atoms with Gasteiger partial charge in [0.25, 0.3) is 0 Å². The van der Waals surface area contributed by atoms with Crippen molar-refractivity contribution in [2.45, 2.75) is 58.4 Å². The zero-order valence-electron chi connectivity index (χ0n) is 11.5. The molecule has 0 aromatic heterocycles. The molecular weight excluding hydrogens is 196 g/mol. The second-order valence-corrected chi connectivity index (χ2v) is 5.37. The van der Waals surface area contributed by atoms with Crippen molar-refractivity contribution in [3.63, 3.8) is 0 Å². The molecule has 0 aromatic rings. The quantitative estimate of drug-likeness (QED) is 0.684. The molecule has 0 saturated heterocycles. The molecule has 1 N–H and O–H groups in total. The highest BCUT2D eigenvalue weighted by molar-refractivity contribution is 4.84. The molecule has 1 aliphatic rings. The van der Waals surface area contributed by atoms with Gasteiger partial charge < -0.3 is 10.2 Å². The van der Waals surface area contributed by atoms with Gasteiger partial charge >= 0.3 is 0 Å². The summed E-state index contributed by atoms with van der Waals surface area (Å²) in [7, 11) is 2.28. The molecule has 0 bridgehead atoms. The third-order valence-electron chi connectivity index (χ3n) is 3.76. The first-order valence-electron chi connectivity index (χ1n) is 7.19. The fraction of sp³-hybridized carbons (Fsp3) is 1.00. The van der Waals surface area contributed by atoms with E-state index in [0.29, 0.717) is 0 Å². The molecule has 1 saturated carbocycles. The topological polar surface area (TPSA) is 15.3 Å². The van der Waals surface area contributed by atoms with Crippen molar-refractivity contribution in [1.82, 2.24) is 10.2 Å². The summed E-state index contributed by atoms with van der Waals surface area (Å²) < 4.78 is 0. The maximum Gasteiger partial charge on any atom is 0.0107 e. The Kier molecular flexibility index (Phi) is 7.06. The van der Waals surface area contributed by atoms with Gasteiger partial charge in [0.05, 0.1) is 0 Å². The summed E-state index contributed by atoms with van der Waals surface area (Å²) in [6.45, 7) is 8.29. The first-order valence-corrected chi connectivity index (χ1v) is 7.19.